The first kappa shape index (κ1) is 29.4. The van der Waals surface area contributed by atoms with Gasteiger partial charge in [0.15, 0.2) is 23.1 Å². The Morgan fingerprint density at radius 3 is 1.77 bits per heavy atom. The highest BCUT2D eigenvalue weighted by Crippen LogP contribution is 2.38. The van der Waals surface area contributed by atoms with Gasteiger partial charge in [0, 0.05) is 49.9 Å². The van der Waals surface area contributed by atoms with Gasteiger partial charge in [-0.3, -0.25) is 0 Å². The third-order valence-electron chi connectivity index (χ3n) is 9.79. The van der Waals surface area contributed by atoms with E-state index in [-0.39, 0.29) is 0 Å². The van der Waals surface area contributed by atoms with Crippen LogP contribution in [0.1, 0.15) is 0 Å². The second kappa shape index (κ2) is 11.6. The Balaban J connectivity index is 1.01. The van der Waals surface area contributed by atoms with Gasteiger partial charge in [0.1, 0.15) is 27.8 Å². The molecular weight excluding hydrogens is 657 g/mol. The van der Waals surface area contributed by atoms with Crippen LogP contribution in [0.25, 0.3) is 112 Å². The van der Waals surface area contributed by atoms with E-state index in [0.29, 0.717) is 40.1 Å². The summed E-state index contributed by atoms with van der Waals surface area (Å²) in [6.07, 6.45) is 0. The Kier molecular flexibility index (Phi) is 6.42. The summed E-state index contributed by atoms with van der Waals surface area (Å²) < 4.78 is 18.9. The van der Waals surface area contributed by atoms with E-state index in [4.69, 9.17) is 33.2 Å². The largest absolute Gasteiger partial charge is 0.456 e. The molecule has 0 atom stereocenters. The molecule has 11 aromatic rings. The molecule has 11 rings (SSSR count). The smallest absolute Gasteiger partial charge is 0.227 e. The molecule has 0 N–H and O–H groups in total. The van der Waals surface area contributed by atoms with Crippen molar-refractivity contribution in [2.24, 2.45) is 0 Å². The van der Waals surface area contributed by atoms with Crippen LogP contribution >= 0.6 is 0 Å². The molecule has 0 fully saturated rings. The molecule has 0 saturated heterocycles. The van der Waals surface area contributed by atoms with Crippen molar-refractivity contribution in [1.29, 1.82) is 0 Å². The van der Waals surface area contributed by atoms with E-state index >= 15 is 0 Å². The van der Waals surface area contributed by atoms with E-state index in [1.54, 1.807) is 0 Å². The fraction of sp³-hybridized carbons (Fsp3) is 0. The highest BCUT2D eigenvalue weighted by Gasteiger charge is 2.19. The lowest BCUT2D eigenvalue weighted by atomic mass is 10.0. The zero-order chi connectivity index (χ0) is 34.9. The Bertz CT molecular complexity index is 3160. The second-order valence-corrected chi connectivity index (χ2v) is 13.0. The maximum atomic E-state index is 6.46. The molecule has 4 aromatic heterocycles. The van der Waals surface area contributed by atoms with Crippen molar-refractivity contribution in [3.63, 3.8) is 0 Å². The van der Waals surface area contributed by atoms with E-state index in [1.807, 2.05) is 121 Å². The lowest BCUT2D eigenvalue weighted by molar-refractivity contribution is 0.617. The van der Waals surface area contributed by atoms with Crippen LogP contribution in [0.15, 0.2) is 171 Å². The summed E-state index contributed by atoms with van der Waals surface area (Å²) in [5.74, 6) is 2.25. The van der Waals surface area contributed by atoms with Crippen molar-refractivity contribution in [3.8, 4) is 56.7 Å². The molecule has 0 bridgehead atoms. The van der Waals surface area contributed by atoms with Crippen LogP contribution in [-0.2, 0) is 0 Å². The first-order chi connectivity index (χ1) is 26.2. The zero-order valence-electron chi connectivity index (χ0n) is 28.0. The Morgan fingerprint density at radius 1 is 0.321 bits per heavy atom. The lowest BCUT2D eigenvalue weighted by Gasteiger charge is -2.09. The maximum absolute atomic E-state index is 6.46. The SMILES string of the molecule is c1ccc(-c2ccc(-c3nc4cc5c(cc4o3)oc3cc(-c4nc(-c6ccccc6)nc(-c6cccc7oc8ccccc8c67)n4)ccc35)cc2)cc1. The first-order valence-electron chi connectivity index (χ1n) is 17.4. The fourth-order valence-electron chi connectivity index (χ4n) is 7.20. The molecular formula is C46H26N4O3. The van der Waals surface area contributed by atoms with Gasteiger partial charge in [0.25, 0.3) is 0 Å². The number of benzene rings is 7. The normalized spacial score (nSPS) is 11.8. The standard InChI is InChI=1S/C46H26N4O3/c1-3-10-27(11-4-1)28-18-20-30(21-19-28)46-47-36-25-35-32-23-22-31(24-39(32)52-40(35)26-41(36)53-46)44-48-43(29-12-5-2-6-13-29)49-45(50-44)34-15-9-17-38-42(34)33-14-7-8-16-37(33)51-38/h1-26H. The summed E-state index contributed by atoms with van der Waals surface area (Å²) in [5.41, 5.74) is 10.3. The summed E-state index contributed by atoms with van der Waals surface area (Å²) in [6.45, 7) is 0. The fourth-order valence-corrected chi connectivity index (χ4v) is 7.20. The van der Waals surface area contributed by atoms with Gasteiger partial charge in [-0.1, -0.05) is 109 Å². The van der Waals surface area contributed by atoms with Crippen molar-refractivity contribution in [2.75, 3.05) is 0 Å². The van der Waals surface area contributed by atoms with Gasteiger partial charge < -0.3 is 13.3 Å². The van der Waals surface area contributed by atoms with Gasteiger partial charge >= 0.3 is 0 Å². The molecule has 0 aliphatic heterocycles. The summed E-state index contributed by atoms with van der Waals surface area (Å²) in [6, 6.07) is 52.6. The third-order valence-corrected chi connectivity index (χ3v) is 9.79. The van der Waals surface area contributed by atoms with Crippen molar-refractivity contribution in [3.05, 3.63) is 158 Å². The van der Waals surface area contributed by atoms with Gasteiger partial charge in [-0.2, -0.15) is 0 Å². The van der Waals surface area contributed by atoms with Gasteiger partial charge in [-0.05, 0) is 53.6 Å². The topological polar surface area (TPSA) is 91.0 Å². The highest BCUT2D eigenvalue weighted by molar-refractivity contribution is 6.12. The van der Waals surface area contributed by atoms with Crippen LogP contribution in [-0.4, -0.2) is 19.9 Å². The van der Waals surface area contributed by atoms with E-state index in [2.05, 4.69) is 36.4 Å². The molecule has 0 saturated carbocycles. The molecule has 53 heavy (non-hydrogen) atoms. The van der Waals surface area contributed by atoms with E-state index in [9.17, 15) is 0 Å². The number of hydrogen-bond acceptors (Lipinski definition) is 7. The molecule has 7 aromatic carbocycles. The minimum Gasteiger partial charge on any atom is -0.456 e. The van der Waals surface area contributed by atoms with Crippen LogP contribution in [0, 0.1) is 0 Å². The monoisotopic (exact) mass is 682 g/mol. The van der Waals surface area contributed by atoms with Crippen LogP contribution in [0.5, 0.6) is 0 Å². The maximum Gasteiger partial charge on any atom is 0.227 e. The molecule has 7 heteroatoms. The van der Waals surface area contributed by atoms with E-state index in [0.717, 1.165) is 66.0 Å². The molecule has 7 nitrogen and oxygen atoms in total. The molecule has 248 valence electrons. The molecule has 0 aliphatic carbocycles. The molecule has 0 aliphatic rings. The molecule has 0 unspecified atom stereocenters. The van der Waals surface area contributed by atoms with Gasteiger partial charge in [0.05, 0.1) is 0 Å². The number of fused-ring (bicyclic) bond motifs is 7. The summed E-state index contributed by atoms with van der Waals surface area (Å²) in [5, 5.41) is 3.91. The zero-order valence-corrected chi connectivity index (χ0v) is 28.0. The van der Waals surface area contributed by atoms with Crippen LogP contribution in [0.4, 0.5) is 0 Å². The van der Waals surface area contributed by atoms with Crippen molar-refractivity contribution in [2.45, 2.75) is 0 Å². The number of rotatable bonds is 5. The Morgan fingerprint density at radius 2 is 0.943 bits per heavy atom. The predicted molar refractivity (Wildman–Crippen MR) is 209 cm³/mol. The number of para-hydroxylation sites is 1. The highest BCUT2D eigenvalue weighted by atomic mass is 16.4. The Hall–Kier alpha value is -7.38. The average Bonchev–Trinajstić information content (AvgIpc) is 3.93. The predicted octanol–water partition coefficient (Wildman–Crippen LogP) is 12.1. The van der Waals surface area contributed by atoms with Gasteiger partial charge in [-0.15, -0.1) is 0 Å². The molecule has 0 radical (unpaired) electrons. The molecule has 4 heterocycles. The van der Waals surface area contributed by atoms with Gasteiger partial charge in [0.2, 0.25) is 5.89 Å². The minimum atomic E-state index is 0.541. The van der Waals surface area contributed by atoms with E-state index < -0.39 is 0 Å². The summed E-state index contributed by atoms with van der Waals surface area (Å²) in [7, 11) is 0. The van der Waals surface area contributed by atoms with Gasteiger partial charge in [-0.25, -0.2) is 19.9 Å². The van der Waals surface area contributed by atoms with E-state index in [1.165, 1.54) is 5.56 Å². The van der Waals surface area contributed by atoms with Crippen molar-refractivity contribution in [1.82, 2.24) is 19.9 Å². The number of nitrogens with zero attached hydrogens (tertiary/aromatic N) is 4. The van der Waals surface area contributed by atoms with Crippen molar-refractivity contribution < 1.29 is 13.3 Å². The Labute approximate surface area is 301 Å². The molecule has 0 amide bonds. The third kappa shape index (κ3) is 4.90. The lowest BCUT2D eigenvalue weighted by Crippen LogP contribution is -2.00. The molecule has 0 spiro atoms. The minimum absolute atomic E-state index is 0.541. The van der Waals surface area contributed by atoms with Crippen molar-refractivity contribution >= 4 is 55.0 Å². The number of hydrogen-bond donors (Lipinski definition) is 0. The first-order valence-corrected chi connectivity index (χ1v) is 17.4. The number of aromatic nitrogens is 4. The number of furan rings is 2. The number of oxazole rings is 1. The van der Waals surface area contributed by atoms with Crippen LogP contribution in [0.3, 0.4) is 0 Å². The average molecular weight is 683 g/mol. The summed E-state index contributed by atoms with van der Waals surface area (Å²) >= 11 is 0. The second-order valence-electron chi connectivity index (χ2n) is 13.0. The quantitative estimate of drug-likeness (QED) is 0.178. The summed E-state index contributed by atoms with van der Waals surface area (Å²) in [4.78, 5) is 19.9. The van der Waals surface area contributed by atoms with Crippen LogP contribution < -0.4 is 0 Å². The van der Waals surface area contributed by atoms with Crippen LogP contribution in [0.2, 0.25) is 0 Å².